The van der Waals surface area contributed by atoms with Crippen molar-refractivity contribution in [1.29, 1.82) is 0 Å². The van der Waals surface area contributed by atoms with Crippen LogP contribution in [-0.2, 0) is 0 Å². The first-order valence-corrected chi connectivity index (χ1v) is 9.44. The van der Waals surface area contributed by atoms with Crippen LogP contribution >= 0.6 is 11.8 Å². The summed E-state index contributed by atoms with van der Waals surface area (Å²) in [4.78, 5) is 4.11. The van der Waals surface area contributed by atoms with Gasteiger partial charge in [-0.1, -0.05) is 25.0 Å². The van der Waals surface area contributed by atoms with Crippen LogP contribution in [0.5, 0.6) is 0 Å². The molecule has 0 aromatic heterocycles. The van der Waals surface area contributed by atoms with Gasteiger partial charge in [0.15, 0.2) is 0 Å². The summed E-state index contributed by atoms with van der Waals surface area (Å²) in [6.07, 6.45) is 10.8. The molecule has 0 unspecified atom stereocenters. The average Bonchev–Trinajstić information content (AvgIpc) is 3.01. The van der Waals surface area contributed by atoms with E-state index in [1.54, 1.807) is 5.56 Å². The van der Waals surface area contributed by atoms with Crippen molar-refractivity contribution in [3.05, 3.63) is 29.8 Å². The molecule has 20 heavy (non-hydrogen) atoms. The van der Waals surface area contributed by atoms with E-state index in [1.807, 2.05) is 11.8 Å². The van der Waals surface area contributed by atoms with Crippen LogP contribution in [0.3, 0.4) is 0 Å². The van der Waals surface area contributed by atoms with Gasteiger partial charge < -0.3 is 4.90 Å². The molecule has 0 atom stereocenters. The van der Waals surface area contributed by atoms with E-state index in [9.17, 15) is 0 Å². The first-order valence-electron chi connectivity index (χ1n) is 8.21. The zero-order chi connectivity index (χ0) is 13.8. The molecule has 110 valence electrons. The molecule has 2 fully saturated rings. The second-order valence-corrected chi connectivity index (χ2v) is 7.38. The van der Waals surface area contributed by atoms with Gasteiger partial charge in [-0.25, -0.2) is 0 Å². The summed E-state index contributed by atoms with van der Waals surface area (Å²) < 4.78 is 0. The number of likely N-dealkylation sites (tertiary alicyclic amines) is 1. The summed E-state index contributed by atoms with van der Waals surface area (Å²) in [6, 6.07) is 9.27. The zero-order valence-corrected chi connectivity index (χ0v) is 13.5. The number of hydrogen-bond acceptors (Lipinski definition) is 2. The maximum absolute atomic E-state index is 2.72. The van der Waals surface area contributed by atoms with E-state index in [4.69, 9.17) is 0 Å². The summed E-state index contributed by atoms with van der Waals surface area (Å²) in [5.74, 6) is 1.80. The molecule has 1 saturated heterocycles. The van der Waals surface area contributed by atoms with Crippen LogP contribution in [0.25, 0.3) is 0 Å². The minimum Gasteiger partial charge on any atom is -0.303 e. The van der Waals surface area contributed by atoms with Crippen LogP contribution in [0.2, 0.25) is 0 Å². The van der Waals surface area contributed by atoms with Crippen molar-refractivity contribution >= 4 is 11.8 Å². The van der Waals surface area contributed by atoms with Gasteiger partial charge in [-0.3, -0.25) is 0 Å². The van der Waals surface area contributed by atoms with Gasteiger partial charge >= 0.3 is 0 Å². The molecule has 0 amide bonds. The number of nitrogens with zero attached hydrogens (tertiary/aromatic N) is 1. The van der Waals surface area contributed by atoms with Crippen molar-refractivity contribution in [3.8, 4) is 0 Å². The first kappa shape index (κ1) is 14.5. The molecule has 3 rings (SSSR count). The van der Waals surface area contributed by atoms with Crippen molar-refractivity contribution in [2.45, 2.75) is 49.3 Å². The van der Waals surface area contributed by atoms with Gasteiger partial charge in [0, 0.05) is 11.4 Å². The van der Waals surface area contributed by atoms with Crippen LogP contribution in [0, 0.1) is 5.92 Å². The van der Waals surface area contributed by atoms with Gasteiger partial charge in [-0.2, -0.15) is 0 Å². The summed E-state index contributed by atoms with van der Waals surface area (Å²) in [7, 11) is 0. The molecule has 1 aliphatic carbocycles. The van der Waals surface area contributed by atoms with Crippen LogP contribution in [0.4, 0.5) is 0 Å². The number of benzene rings is 1. The van der Waals surface area contributed by atoms with Crippen LogP contribution in [0.15, 0.2) is 29.2 Å². The summed E-state index contributed by atoms with van der Waals surface area (Å²) >= 11 is 1.83. The van der Waals surface area contributed by atoms with E-state index in [0.717, 1.165) is 11.8 Å². The summed E-state index contributed by atoms with van der Waals surface area (Å²) in [6.45, 7) is 4.00. The molecule has 0 N–H and O–H groups in total. The lowest BCUT2D eigenvalue weighted by Crippen LogP contribution is -2.36. The van der Waals surface area contributed by atoms with E-state index < -0.39 is 0 Å². The molecule has 2 aliphatic rings. The molecule has 0 radical (unpaired) electrons. The number of rotatable bonds is 4. The van der Waals surface area contributed by atoms with Crippen molar-refractivity contribution in [1.82, 2.24) is 4.90 Å². The Labute approximate surface area is 128 Å². The van der Waals surface area contributed by atoms with Crippen LogP contribution in [0.1, 0.15) is 50.0 Å². The third kappa shape index (κ3) is 3.59. The maximum Gasteiger partial charge on any atom is 0.00693 e. The normalized spacial score (nSPS) is 22.4. The van der Waals surface area contributed by atoms with Crippen LogP contribution < -0.4 is 0 Å². The van der Waals surface area contributed by atoms with E-state index in [-0.39, 0.29) is 0 Å². The molecular formula is C18H27NS. The Balaban J connectivity index is 1.49. The molecule has 1 aromatic rings. The smallest absolute Gasteiger partial charge is 0.00693 e. The maximum atomic E-state index is 2.72. The Morgan fingerprint density at radius 2 is 1.65 bits per heavy atom. The van der Waals surface area contributed by atoms with Gasteiger partial charge in [-0.05, 0) is 74.6 Å². The number of thioether (sulfide) groups is 1. The minimum atomic E-state index is 0.797. The first-order chi connectivity index (χ1) is 9.85. The second kappa shape index (κ2) is 7.00. The summed E-state index contributed by atoms with van der Waals surface area (Å²) in [5.41, 5.74) is 1.56. The molecule has 1 saturated carbocycles. The van der Waals surface area contributed by atoms with Gasteiger partial charge in [0.25, 0.3) is 0 Å². The zero-order valence-electron chi connectivity index (χ0n) is 12.7. The Morgan fingerprint density at radius 1 is 1.00 bits per heavy atom. The van der Waals surface area contributed by atoms with Gasteiger partial charge in [-0.15, -0.1) is 11.8 Å². The quantitative estimate of drug-likeness (QED) is 0.734. The van der Waals surface area contributed by atoms with Crippen molar-refractivity contribution in [2.75, 3.05) is 25.9 Å². The summed E-state index contributed by atoms with van der Waals surface area (Å²) in [5, 5.41) is 0. The lowest BCUT2D eigenvalue weighted by atomic mass is 9.89. The predicted molar refractivity (Wildman–Crippen MR) is 88.6 cm³/mol. The number of hydrogen-bond donors (Lipinski definition) is 0. The van der Waals surface area contributed by atoms with Gasteiger partial charge in [0.2, 0.25) is 0 Å². The van der Waals surface area contributed by atoms with Gasteiger partial charge in [0.1, 0.15) is 0 Å². The SMILES string of the molecule is CSc1ccc(C2CCN(CC3CCCC3)CC2)cc1. The molecule has 1 nitrogen and oxygen atoms in total. The van der Waals surface area contributed by atoms with Gasteiger partial charge in [0.05, 0.1) is 0 Å². The fourth-order valence-electron chi connectivity index (χ4n) is 3.88. The third-order valence-electron chi connectivity index (χ3n) is 5.17. The Bertz CT molecular complexity index is 400. The Morgan fingerprint density at radius 3 is 2.25 bits per heavy atom. The highest BCUT2D eigenvalue weighted by atomic mass is 32.2. The monoisotopic (exact) mass is 289 g/mol. The van der Waals surface area contributed by atoms with Crippen molar-refractivity contribution in [3.63, 3.8) is 0 Å². The highest BCUT2D eigenvalue weighted by Crippen LogP contribution is 2.31. The lowest BCUT2D eigenvalue weighted by molar-refractivity contribution is 0.183. The van der Waals surface area contributed by atoms with E-state index >= 15 is 0 Å². The number of piperidine rings is 1. The fraction of sp³-hybridized carbons (Fsp3) is 0.667. The fourth-order valence-corrected chi connectivity index (χ4v) is 4.29. The van der Waals surface area contributed by atoms with Crippen molar-refractivity contribution in [2.24, 2.45) is 5.92 Å². The highest BCUT2D eigenvalue weighted by Gasteiger charge is 2.24. The highest BCUT2D eigenvalue weighted by molar-refractivity contribution is 7.98. The Kier molecular flexibility index (Phi) is 5.06. The molecule has 1 aliphatic heterocycles. The molecule has 1 heterocycles. The molecule has 0 bridgehead atoms. The second-order valence-electron chi connectivity index (χ2n) is 6.50. The molecular weight excluding hydrogens is 262 g/mol. The lowest BCUT2D eigenvalue weighted by Gasteiger charge is -2.33. The van der Waals surface area contributed by atoms with Crippen molar-refractivity contribution < 1.29 is 0 Å². The molecule has 0 spiro atoms. The third-order valence-corrected chi connectivity index (χ3v) is 5.91. The largest absolute Gasteiger partial charge is 0.303 e. The standard InChI is InChI=1S/C18H27NS/c1-20-18-8-6-16(7-9-18)17-10-12-19(13-11-17)14-15-4-2-3-5-15/h6-9,15,17H,2-5,10-14H2,1H3. The topological polar surface area (TPSA) is 3.24 Å². The minimum absolute atomic E-state index is 0.797. The predicted octanol–water partition coefficient (Wildman–Crippen LogP) is 4.78. The Hall–Kier alpha value is -0.470. The van der Waals surface area contributed by atoms with E-state index in [0.29, 0.717) is 0 Å². The van der Waals surface area contributed by atoms with Crippen LogP contribution in [-0.4, -0.2) is 30.8 Å². The van der Waals surface area contributed by atoms with E-state index in [1.165, 1.54) is 63.1 Å². The molecule has 1 aromatic carbocycles. The molecule has 2 heteroatoms. The van der Waals surface area contributed by atoms with E-state index in [2.05, 4.69) is 35.4 Å². The average molecular weight is 289 g/mol.